The van der Waals surface area contributed by atoms with Crippen LogP contribution in [0.5, 0.6) is 0 Å². The number of thiazole rings is 1. The van der Waals surface area contributed by atoms with Gasteiger partial charge in [0.15, 0.2) is 0 Å². The van der Waals surface area contributed by atoms with Gasteiger partial charge in [0.05, 0.1) is 27.9 Å². The Kier molecular flexibility index (Phi) is 2.32. The molecule has 5 heteroatoms. The lowest BCUT2D eigenvalue weighted by Gasteiger charge is -2.02. The molecule has 78 valence electrons. The number of aromatic nitrogens is 1. The molecule has 4 nitrogen and oxygen atoms in total. The Morgan fingerprint density at radius 2 is 2.27 bits per heavy atom. The lowest BCUT2D eigenvalue weighted by atomic mass is 10.2. The van der Waals surface area contributed by atoms with Gasteiger partial charge >= 0.3 is 5.97 Å². The topological polar surface area (TPSA) is 65.2 Å². The Balaban J connectivity index is 2.66. The zero-order valence-corrected chi connectivity index (χ0v) is 9.22. The monoisotopic (exact) mass is 222 g/mol. The predicted molar refractivity (Wildman–Crippen MR) is 60.1 cm³/mol. The Hall–Kier alpha value is -1.62. The Morgan fingerprint density at radius 3 is 2.93 bits per heavy atom. The standard InChI is InChI=1S/C10H10N2O2S/c1-5-12-8-4-7(11)6(10(13)14-2)3-9(8)15-5/h3-4H,11H2,1-2H3. The van der Waals surface area contributed by atoms with Gasteiger partial charge in [-0.05, 0) is 19.1 Å². The molecule has 0 atom stereocenters. The number of aryl methyl sites for hydroxylation is 1. The summed E-state index contributed by atoms with van der Waals surface area (Å²) in [6, 6.07) is 3.42. The molecule has 0 saturated heterocycles. The third kappa shape index (κ3) is 1.66. The second-order valence-corrected chi connectivity index (χ2v) is 4.37. The van der Waals surface area contributed by atoms with Crippen LogP contribution in [0.25, 0.3) is 10.2 Å². The third-order valence-electron chi connectivity index (χ3n) is 2.07. The summed E-state index contributed by atoms with van der Waals surface area (Å²) in [5.41, 5.74) is 7.36. The van der Waals surface area contributed by atoms with Crippen LogP contribution < -0.4 is 5.73 Å². The van der Waals surface area contributed by atoms with E-state index in [9.17, 15) is 4.79 Å². The largest absolute Gasteiger partial charge is 0.465 e. The van der Waals surface area contributed by atoms with Gasteiger partial charge in [0, 0.05) is 5.69 Å². The number of hydrogen-bond donors (Lipinski definition) is 1. The maximum atomic E-state index is 11.4. The minimum absolute atomic E-state index is 0.397. The molecule has 0 radical (unpaired) electrons. The van der Waals surface area contributed by atoms with E-state index in [2.05, 4.69) is 9.72 Å². The molecule has 0 aliphatic carbocycles. The van der Waals surface area contributed by atoms with E-state index in [1.165, 1.54) is 18.4 Å². The average molecular weight is 222 g/mol. The first kappa shape index (κ1) is 9.92. The number of nitrogens with zero attached hydrogens (tertiary/aromatic N) is 1. The molecule has 1 aromatic heterocycles. The molecule has 0 aliphatic heterocycles. The van der Waals surface area contributed by atoms with Crippen molar-refractivity contribution in [3.05, 3.63) is 22.7 Å². The van der Waals surface area contributed by atoms with Crippen molar-refractivity contribution in [1.29, 1.82) is 0 Å². The van der Waals surface area contributed by atoms with Crippen molar-refractivity contribution in [2.75, 3.05) is 12.8 Å². The first-order chi connectivity index (χ1) is 7.11. The number of carbonyl (C=O) groups excluding carboxylic acids is 1. The second kappa shape index (κ2) is 3.51. The smallest absolute Gasteiger partial charge is 0.340 e. The molecule has 2 N–H and O–H groups in total. The molecule has 15 heavy (non-hydrogen) atoms. The van der Waals surface area contributed by atoms with Crippen LogP contribution >= 0.6 is 11.3 Å². The Morgan fingerprint density at radius 1 is 1.53 bits per heavy atom. The van der Waals surface area contributed by atoms with Crippen LogP contribution in [0.1, 0.15) is 15.4 Å². The van der Waals surface area contributed by atoms with Gasteiger partial charge in [0.25, 0.3) is 0 Å². The van der Waals surface area contributed by atoms with Gasteiger partial charge in [-0.1, -0.05) is 0 Å². The van der Waals surface area contributed by atoms with Crippen LogP contribution in [-0.4, -0.2) is 18.1 Å². The van der Waals surface area contributed by atoms with E-state index in [0.717, 1.165) is 15.2 Å². The Labute approximate surface area is 90.7 Å². The van der Waals surface area contributed by atoms with Gasteiger partial charge < -0.3 is 10.5 Å². The van der Waals surface area contributed by atoms with Gasteiger partial charge in [-0.2, -0.15) is 0 Å². The van der Waals surface area contributed by atoms with Gasteiger partial charge in [-0.3, -0.25) is 0 Å². The maximum absolute atomic E-state index is 11.4. The number of fused-ring (bicyclic) bond motifs is 1. The summed E-state index contributed by atoms with van der Waals surface area (Å²) >= 11 is 1.53. The molecule has 2 aromatic rings. The molecule has 2 rings (SSSR count). The number of ether oxygens (including phenoxy) is 1. The van der Waals surface area contributed by atoms with E-state index in [1.807, 2.05) is 6.92 Å². The molecular weight excluding hydrogens is 212 g/mol. The minimum Gasteiger partial charge on any atom is -0.465 e. The fourth-order valence-corrected chi connectivity index (χ4v) is 2.24. The quantitative estimate of drug-likeness (QED) is 0.591. The summed E-state index contributed by atoms with van der Waals surface area (Å²) in [5, 5.41) is 0.950. The van der Waals surface area contributed by atoms with E-state index in [1.54, 1.807) is 12.1 Å². The zero-order valence-electron chi connectivity index (χ0n) is 8.40. The molecule has 0 fully saturated rings. The van der Waals surface area contributed by atoms with Crippen molar-refractivity contribution < 1.29 is 9.53 Å². The number of rotatable bonds is 1. The average Bonchev–Trinajstić information content (AvgIpc) is 2.55. The van der Waals surface area contributed by atoms with Crippen molar-refractivity contribution in [2.45, 2.75) is 6.92 Å². The molecule has 0 spiro atoms. The minimum atomic E-state index is -0.416. The van der Waals surface area contributed by atoms with E-state index >= 15 is 0 Å². The fourth-order valence-electron chi connectivity index (χ4n) is 1.39. The van der Waals surface area contributed by atoms with Crippen LogP contribution in [-0.2, 0) is 4.74 Å². The number of benzene rings is 1. The van der Waals surface area contributed by atoms with Crippen molar-refractivity contribution in [3.63, 3.8) is 0 Å². The lowest BCUT2D eigenvalue weighted by molar-refractivity contribution is 0.0602. The van der Waals surface area contributed by atoms with Gasteiger partial charge in [-0.15, -0.1) is 11.3 Å². The van der Waals surface area contributed by atoms with Crippen LogP contribution in [0.15, 0.2) is 12.1 Å². The van der Waals surface area contributed by atoms with Crippen molar-refractivity contribution >= 4 is 33.2 Å². The molecule has 1 aromatic carbocycles. The number of anilines is 1. The number of nitrogens with two attached hydrogens (primary N) is 1. The fraction of sp³-hybridized carbons (Fsp3) is 0.200. The van der Waals surface area contributed by atoms with Gasteiger partial charge in [0.1, 0.15) is 0 Å². The van der Waals surface area contributed by atoms with Gasteiger partial charge in [0.2, 0.25) is 0 Å². The van der Waals surface area contributed by atoms with E-state index in [-0.39, 0.29) is 0 Å². The number of carbonyl (C=O) groups is 1. The molecule has 1 heterocycles. The van der Waals surface area contributed by atoms with Crippen LogP contribution in [0.2, 0.25) is 0 Å². The summed E-state index contributed by atoms with van der Waals surface area (Å²) in [6.45, 7) is 1.92. The molecular formula is C10H10N2O2S. The second-order valence-electron chi connectivity index (χ2n) is 3.13. The van der Waals surface area contributed by atoms with E-state index in [0.29, 0.717) is 11.3 Å². The summed E-state index contributed by atoms with van der Waals surface area (Å²) in [7, 11) is 1.34. The van der Waals surface area contributed by atoms with E-state index in [4.69, 9.17) is 5.73 Å². The van der Waals surface area contributed by atoms with Crippen LogP contribution in [0.4, 0.5) is 5.69 Å². The normalized spacial score (nSPS) is 10.5. The highest BCUT2D eigenvalue weighted by Gasteiger charge is 2.12. The molecule has 0 aliphatic rings. The summed E-state index contributed by atoms with van der Waals surface area (Å²) in [4.78, 5) is 15.7. The number of esters is 1. The van der Waals surface area contributed by atoms with Crippen LogP contribution in [0, 0.1) is 6.92 Å². The first-order valence-electron chi connectivity index (χ1n) is 4.37. The highest BCUT2D eigenvalue weighted by Crippen LogP contribution is 2.26. The lowest BCUT2D eigenvalue weighted by Crippen LogP contribution is -2.05. The zero-order chi connectivity index (χ0) is 11.0. The Bertz CT molecular complexity index is 533. The molecule has 0 saturated carbocycles. The summed E-state index contributed by atoms with van der Waals surface area (Å²) in [5.74, 6) is -0.416. The number of nitrogen functional groups attached to an aromatic ring is 1. The molecule has 0 unspecified atom stereocenters. The molecule has 0 bridgehead atoms. The maximum Gasteiger partial charge on any atom is 0.340 e. The highest BCUT2D eigenvalue weighted by molar-refractivity contribution is 7.18. The third-order valence-corrected chi connectivity index (χ3v) is 3.01. The summed E-state index contributed by atoms with van der Waals surface area (Å²) in [6.07, 6.45) is 0. The van der Waals surface area contributed by atoms with Gasteiger partial charge in [-0.25, -0.2) is 9.78 Å². The first-order valence-corrected chi connectivity index (χ1v) is 5.18. The predicted octanol–water partition coefficient (Wildman–Crippen LogP) is 1.97. The number of hydrogen-bond acceptors (Lipinski definition) is 5. The number of methoxy groups -OCH3 is 1. The van der Waals surface area contributed by atoms with E-state index < -0.39 is 5.97 Å². The van der Waals surface area contributed by atoms with Crippen molar-refractivity contribution in [2.24, 2.45) is 0 Å². The summed E-state index contributed by atoms with van der Waals surface area (Å²) < 4.78 is 5.58. The van der Waals surface area contributed by atoms with Crippen molar-refractivity contribution in [3.8, 4) is 0 Å². The van der Waals surface area contributed by atoms with Crippen LogP contribution in [0.3, 0.4) is 0 Å². The van der Waals surface area contributed by atoms with Crippen molar-refractivity contribution in [1.82, 2.24) is 4.98 Å². The highest BCUT2D eigenvalue weighted by atomic mass is 32.1. The SMILES string of the molecule is COC(=O)c1cc2sc(C)nc2cc1N. The molecule has 0 amide bonds.